The van der Waals surface area contributed by atoms with Crippen LogP contribution in [0, 0.1) is 5.92 Å². The highest BCUT2D eigenvalue weighted by molar-refractivity contribution is 7.17. The van der Waals surface area contributed by atoms with Crippen LogP contribution in [0.5, 0.6) is 0 Å². The SMILES string of the molecule is COC(=O)C1CCC(Nc2ncnc3ccsc23)CC1. The molecule has 2 heterocycles. The summed E-state index contributed by atoms with van der Waals surface area (Å²) in [6.45, 7) is 0. The molecule has 106 valence electrons. The predicted molar refractivity (Wildman–Crippen MR) is 78.8 cm³/mol. The molecule has 0 saturated heterocycles. The summed E-state index contributed by atoms with van der Waals surface area (Å²) in [6.07, 6.45) is 5.29. The lowest BCUT2D eigenvalue weighted by molar-refractivity contribution is -0.146. The molecule has 1 saturated carbocycles. The van der Waals surface area contributed by atoms with Crippen LogP contribution in [0.4, 0.5) is 5.82 Å². The standard InChI is InChI=1S/C14H17N3O2S/c1-19-14(18)9-2-4-10(5-3-9)17-13-12-11(6-7-20-12)15-8-16-13/h6-10H,2-5H2,1H3,(H,15,16,17). The number of ether oxygens (including phenoxy) is 1. The smallest absolute Gasteiger partial charge is 0.308 e. The molecular formula is C14H17N3O2S. The van der Waals surface area contributed by atoms with Crippen molar-refractivity contribution in [3.63, 3.8) is 0 Å². The highest BCUT2D eigenvalue weighted by Gasteiger charge is 2.27. The summed E-state index contributed by atoms with van der Waals surface area (Å²) in [5.41, 5.74) is 0.982. The number of nitrogens with zero attached hydrogens (tertiary/aromatic N) is 2. The molecule has 1 N–H and O–H groups in total. The van der Waals surface area contributed by atoms with Gasteiger partial charge in [0.05, 0.1) is 23.2 Å². The van der Waals surface area contributed by atoms with Crippen molar-refractivity contribution < 1.29 is 9.53 Å². The van der Waals surface area contributed by atoms with Crippen LogP contribution in [0.1, 0.15) is 25.7 Å². The van der Waals surface area contributed by atoms with Crippen molar-refractivity contribution in [1.82, 2.24) is 9.97 Å². The van der Waals surface area contributed by atoms with Gasteiger partial charge in [-0.25, -0.2) is 9.97 Å². The molecule has 5 nitrogen and oxygen atoms in total. The average Bonchev–Trinajstić information content (AvgIpc) is 2.97. The molecule has 0 unspecified atom stereocenters. The Bertz CT molecular complexity index is 605. The number of carbonyl (C=O) groups excluding carboxylic acids is 1. The summed E-state index contributed by atoms with van der Waals surface area (Å²) < 4.78 is 5.91. The van der Waals surface area contributed by atoms with E-state index in [2.05, 4.69) is 15.3 Å². The monoisotopic (exact) mass is 291 g/mol. The zero-order valence-corrected chi connectivity index (χ0v) is 12.2. The van der Waals surface area contributed by atoms with Gasteiger partial charge in [0.2, 0.25) is 0 Å². The zero-order valence-electron chi connectivity index (χ0n) is 11.3. The van der Waals surface area contributed by atoms with Crippen molar-refractivity contribution >= 4 is 33.3 Å². The lowest BCUT2D eigenvalue weighted by Gasteiger charge is -2.27. The number of hydrogen-bond acceptors (Lipinski definition) is 6. The molecule has 20 heavy (non-hydrogen) atoms. The Morgan fingerprint density at radius 3 is 2.90 bits per heavy atom. The Hall–Kier alpha value is -1.69. The fourth-order valence-electron chi connectivity index (χ4n) is 2.73. The molecule has 0 atom stereocenters. The number of thiophene rings is 1. The molecule has 3 rings (SSSR count). The molecule has 2 aromatic rings. The number of aromatic nitrogens is 2. The number of anilines is 1. The molecule has 0 spiro atoms. The normalized spacial score (nSPS) is 22.6. The van der Waals surface area contributed by atoms with Crippen molar-refractivity contribution in [3.05, 3.63) is 17.8 Å². The third-order valence-corrected chi connectivity index (χ3v) is 4.76. The van der Waals surface area contributed by atoms with E-state index in [9.17, 15) is 4.79 Å². The van der Waals surface area contributed by atoms with Gasteiger partial charge in [0, 0.05) is 6.04 Å². The molecule has 0 aromatic carbocycles. The molecule has 0 amide bonds. The van der Waals surface area contributed by atoms with Crippen molar-refractivity contribution in [3.8, 4) is 0 Å². The van der Waals surface area contributed by atoms with Gasteiger partial charge in [-0.3, -0.25) is 4.79 Å². The van der Waals surface area contributed by atoms with Crippen molar-refractivity contribution in [2.45, 2.75) is 31.7 Å². The number of nitrogens with one attached hydrogen (secondary N) is 1. The van der Waals surface area contributed by atoms with E-state index in [4.69, 9.17) is 4.74 Å². The molecule has 2 aromatic heterocycles. The highest BCUT2D eigenvalue weighted by Crippen LogP contribution is 2.30. The number of fused-ring (bicyclic) bond motifs is 1. The first-order chi connectivity index (χ1) is 9.78. The lowest BCUT2D eigenvalue weighted by Crippen LogP contribution is -2.30. The van der Waals surface area contributed by atoms with E-state index in [0.717, 1.165) is 41.7 Å². The maximum Gasteiger partial charge on any atom is 0.308 e. The zero-order chi connectivity index (χ0) is 13.9. The summed E-state index contributed by atoms with van der Waals surface area (Å²) in [7, 11) is 1.46. The van der Waals surface area contributed by atoms with E-state index < -0.39 is 0 Å². The van der Waals surface area contributed by atoms with Gasteiger partial charge in [-0.05, 0) is 37.1 Å². The van der Waals surface area contributed by atoms with E-state index in [1.807, 2.05) is 11.4 Å². The summed E-state index contributed by atoms with van der Waals surface area (Å²) in [5, 5.41) is 5.52. The molecule has 1 aliphatic carbocycles. The number of esters is 1. The Labute approximate surface area is 121 Å². The minimum atomic E-state index is -0.0777. The molecule has 1 fully saturated rings. The van der Waals surface area contributed by atoms with Gasteiger partial charge in [-0.1, -0.05) is 0 Å². The first-order valence-corrected chi connectivity index (χ1v) is 7.68. The van der Waals surface area contributed by atoms with Crippen LogP contribution in [0.2, 0.25) is 0 Å². The van der Waals surface area contributed by atoms with Crippen molar-refractivity contribution in [2.75, 3.05) is 12.4 Å². The van der Waals surface area contributed by atoms with Crippen LogP contribution in [0.3, 0.4) is 0 Å². The van der Waals surface area contributed by atoms with E-state index in [-0.39, 0.29) is 11.9 Å². The van der Waals surface area contributed by atoms with Gasteiger partial charge in [-0.15, -0.1) is 11.3 Å². The van der Waals surface area contributed by atoms with Gasteiger partial charge in [0.25, 0.3) is 0 Å². The number of hydrogen-bond donors (Lipinski definition) is 1. The fraction of sp³-hybridized carbons (Fsp3) is 0.500. The third-order valence-electron chi connectivity index (χ3n) is 3.85. The minimum Gasteiger partial charge on any atom is -0.469 e. The summed E-state index contributed by atoms with van der Waals surface area (Å²) >= 11 is 1.65. The van der Waals surface area contributed by atoms with Crippen molar-refractivity contribution in [1.29, 1.82) is 0 Å². The van der Waals surface area contributed by atoms with E-state index in [1.54, 1.807) is 17.7 Å². The van der Waals surface area contributed by atoms with Gasteiger partial charge in [0.15, 0.2) is 0 Å². The van der Waals surface area contributed by atoms with Gasteiger partial charge in [-0.2, -0.15) is 0 Å². The average molecular weight is 291 g/mol. The maximum atomic E-state index is 11.5. The third kappa shape index (κ3) is 2.60. The van der Waals surface area contributed by atoms with Gasteiger partial charge in [0.1, 0.15) is 12.1 Å². The molecular weight excluding hydrogens is 274 g/mol. The predicted octanol–water partition coefficient (Wildman–Crippen LogP) is 2.84. The highest BCUT2D eigenvalue weighted by atomic mass is 32.1. The summed E-state index contributed by atoms with van der Waals surface area (Å²) in [5.74, 6) is 0.892. The molecule has 0 bridgehead atoms. The number of rotatable bonds is 3. The Morgan fingerprint density at radius 2 is 2.15 bits per heavy atom. The number of carbonyl (C=O) groups is 1. The molecule has 1 aliphatic rings. The van der Waals surface area contributed by atoms with E-state index >= 15 is 0 Å². The maximum absolute atomic E-state index is 11.5. The number of methoxy groups -OCH3 is 1. The first-order valence-electron chi connectivity index (χ1n) is 6.80. The Kier molecular flexibility index (Phi) is 3.82. The molecule has 0 aliphatic heterocycles. The van der Waals surface area contributed by atoms with Crippen LogP contribution in [-0.2, 0) is 9.53 Å². The molecule has 0 radical (unpaired) electrons. The minimum absolute atomic E-state index is 0.0604. The van der Waals surface area contributed by atoms with Crippen LogP contribution in [0.15, 0.2) is 17.8 Å². The summed E-state index contributed by atoms with van der Waals surface area (Å²) in [4.78, 5) is 20.1. The van der Waals surface area contributed by atoms with Crippen molar-refractivity contribution in [2.24, 2.45) is 5.92 Å². The van der Waals surface area contributed by atoms with Crippen LogP contribution in [-0.4, -0.2) is 29.1 Å². The first kappa shape index (κ1) is 13.3. The topological polar surface area (TPSA) is 64.1 Å². The van der Waals surface area contributed by atoms with Crippen LogP contribution < -0.4 is 5.32 Å². The fourth-order valence-corrected chi connectivity index (χ4v) is 3.52. The van der Waals surface area contributed by atoms with E-state index in [1.165, 1.54) is 7.11 Å². The quantitative estimate of drug-likeness (QED) is 0.881. The molecule has 6 heteroatoms. The largest absolute Gasteiger partial charge is 0.469 e. The second-order valence-electron chi connectivity index (χ2n) is 5.07. The summed E-state index contributed by atoms with van der Waals surface area (Å²) in [6, 6.07) is 2.37. The van der Waals surface area contributed by atoms with Crippen LogP contribution in [0.25, 0.3) is 10.2 Å². The lowest BCUT2D eigenvalue weighted by atomic mass is 9.86. The second-order valence-corrected chi connectivity index (χ2v) is 5.99. The van der Waals surface area contributed by atoms with Gasteiger partial charge < -0.3 is 10.1 Å². The van der Waals surface area contributed by atoms with Gasteiger partial charge >= 0.3 is 5.97 Å². The van der Waals surface area contributed by atoms with Crippen LogP contribution >= 0.6 is 11.3 Å². The second kappa shape index (κ2) is 5.75. The Morgan fingerprint density at radius 1 is 1.35 bits per heavy atom. The Balaban J connectivity index is 1.65. The van der Waals surface area contributed by atoms with E-state index in [0.29, 0.717) is 6.04 Å².